The molecule has 0 spiro atoms. The zero-order valence-electron chi connectivity index (χ0n) is 10.4. The summed E-state index contributed by atoms with van der Waals surface area (Å²) < 4.78 is 51.7. The Hall–Kier alpha value is -1.95. The van der Waals surface area contributed by atoms with E-state index in [2.05, 4.69) is 4.98 Å². The third-order valence-electron chi connectivity index (χ3n) is 2.79. The Labute approximate surface area is 122 Å². The van der Waals surface area contributed by atoms with Crippen LogP contribution in [0.2, 0.25) is 5.02 Å². The Morgan fingerprint density at radius 1 is 1.24 bits per heavy atom. The standard InChI is InChI=1S/C14H8ClF4NO/c15-12-7-20-4-3-8(12)5-13(21)10-6-9(16)1-2-11(10)14(17,18)19/h1-4,6-7H,5H2. The van der Waals surface area contributed by atoms with Crippen LogP contribution in [0.4, 0.5) is 17.6 Å². The Morgan fingerprint density at radius 3 is 2.57 bits per heavy atom. The zero-order chi connectivity index (χ0) is 15.6. The van der Waals surface area contributed by atoms with E-state index >= 15 is 0 Å². The molecule has 0 aliphatic heterocycles. The van der Waals surface area contributed by atoms with Crippen LogP contribution in [0.5, 0.6) is 0 Å². The first-order chi connectivity index (χ1) is 9.79. The van der Waals surface area contributed by atoms with Crippen molar-refractivity contribution in [2.45, 2.75) is 12.6 Å². The molecule has 0 bridgehead atoms. The van der Waals surface area contributed by atoms with E-state index in [0.717, 1.165) is 0 Å². The van der Waals surface area contributed by atoms with Gasteiger partial charge in [-0.25, -0.2) is 4.39 Å². The largest absolute Gasteiger partial charge is 0.417 e. The van der Waals surface area contributed by atoms with Gasteiger partial charge in [-0.1, -0.05) is 11.6 Å². The quantitative estimate of drug-likeness (QED) is 0.623. The SMILES string of the molecule is O=C(Cc1ccncc1Cl)c1cc(F)ccc1C(F)(F)F. The zero-order valence-corrected chi connectivity index (χ0v) is 11.2. The third kappa shape index (κ3) is 3.58. The molecule has 21 heavy (non-hydrogen) atoms. The number of nitrogens with zero attached hydrogens (tertiary/aromatic N) is 1. The molecule has 0 aliphatic rings. The summed E-state index contributed by atoms with van der Waals surface area (Å²) in [4.78, 5) is 15.8. The summed E-state index contributed by atoms with van der Waals surface area (Å²) in [6.45, 7) is 0. The predicted octanol–water partition coefficient (Wildman–Crippen LogP) is 4.32. The third-order valence-corrected chi connectivity index (χ3v) is 3.14. The van der Waals surface area contributed by atoms with E-state index in [4.69, 9.17) is 11.6 Å². The lowest BCUT2D eigenvalue weighted by Crippen LogP contribution is -2.15. The lowest BCUT2D eigenvalue weighted by molar-refractivity contribution is -0.137. The number of carbonyl (C=O) groups excluding carboxylic acids is 1. The van der Waals surface area contributed by atoms with Gasteiger partial charge in [-0.3, -0.25) is 9.78 Å². The van der Waals surface area contributed by atoms with Crippen molar-refractivity contribution in [2.75, 3.05) is 0 Å². The van der Waals surface area contributed by atoms with Gasteiger partial charge in [-0.15, -0.1) is 0 Å². The van der Waals surface area contributed by atoms with Crippen LogP contribution >= 0.6 is 11.6 Å². The van der Waals surface area contributed by atoms with Crippen LogP contribution in [-0.2, 0) is 12.6 Å². The number of hydrogen-bond donors (Lipinski definition) is 0. The molecule has 0 aliphatic carbocycles. The number of Topliss-reactive ketones (excluding diaryl/α,β-unsaturated/α-hetero) is 1. The van der Waals surface area contributed by atoms with Crippen LogP contribution in [0, 0.1) is 5.82 Å². The molecule has 0 saturated carbocycles. The van der Waals surface area contributed by atoms with Gasteiger partial charge in [0, 0.05) is 24.4 Å². The summed E-state index contributed by atoms with van der Waals surface area (Å²) >= 11 is 5.81. The fourth-order valence-corrected chi connectivity index (χ4v) is 2.00. The van der Waals surface area contributed by atoms with Gasteiger partial charge in [0.05, 0.1) is 10.6 Å². The maximum Gasteiger partial charge on any atom is 0.417 e. The van der Waals surface area contributed by atoms with Crippen molar-refractivity contribution >= 4 is 17.4 Å². The van der Waals surface area contributed by atoms with E-state index in [-0.39, 0.29) is 11.4 Å². The molecule has 2 aromatic rings. The van der Waals surface area contributed by atoms with Crippen molar-refractivity contribution in [1.82, 2.24) is 4.98 Å². The molecule has 1 aromatic heterocycles. The summed E-state index contributed by atoms with van der Waals surface area (Å²) in [7, 11) is 0. The van der Waals surface area contributed by atoms with Crippen LogP contribution in [-0.4, -0.2) is 10.8 Å². The van der Waals surface area contributed by atoms with Gasteiger partial charge in [-0.05, 0) is 29.8 Å². The minimum absolute atomic E-state index is 0.163. The van der Waals surface area contributed by atoms with Crippen molar-refractivity contribution in [3.8, 4) is 0 Å². The van der Waals surface area contributed by atoms with Crippen molar-refractivity contribution in [2.24, 2.45) is 0 Å². The van der Waals surface area contributed by atoms with E-state index in [1.807, 2.05) is 0 Å². The number of alkyl halides is 3. The highest BCUT2D eigenvalue weighted by Gasteiger charge is 2.35. The molecule has 0 fully saturated rings. The second-order valence-corrected chi connectivity index (χ2v) is 4.66. The van der Waals surface area contributed by atoms with Crippen molar-refractivity contribution in [1.29, 1.82) is 0 Å². The molecule has 0 amide bonds. The summed E-state index contributed by atoms with van der Waals surface area (Å²) in [5.74, 6) is -1.78. The highest BCUT2D eigenvalue weighted by molar-refractivity contribution is 6.31. The van der Waals surface area contributed by atoms with Gasteiger partial charge in [0.1, 0.15) is 5.82 Å². The van der Waals surface area contributed by atoms with E-state index < -0.39 is 28.9 Å². The average Bonchev–Trinajstić information content (AvgIpc) is 2.40. The number of ketones is 1. The van der Waals surface area contributed by atoms with Crippen LogP contribution in [0.1, 0.15) is 21.5 Å². The Kier molecular flexibility index (Phi) is 4.27. The monoisotopic (exact) mass is 317 g/mol. The second kappa shape index (κ2) is 5.81. The fraction of sp³-hybridized carbons (Fsp3) is 0.143. The highest BCUT2D eigenvalue weighted by atomic mass is 35.5. The smallest absolute Gasteiger partial charge is 0.294 e. The van der Waals surface area contributed by atoms with Crippen LogP contribution in [0.15, 0.2) is 36.7 Å². The molecule has 110 valence electrons. The number of aromatic nitrogens is 1. The molecule has 0 unspecified atom stereocenters. The first kappa shape index (κ1) is 15.4. The lowest BCUT2D eigenvalue weighted by atomic mass is 9.98. The summed E-state index contributed by atoms with van der Waals surface area (Å²) in [5.41, 5.74) is -1.55. The Bertz CT molecular complexity index is 685. The van der Waals surface area contributed by atoms with E-state index in [1.165, 1.54) is 18.5 Å². The number of hydrogen-bond acceptors (Lipinski definition) is 2. The summed E-state index contributed by atoms with van der Waals surface area (Å²) in [6.07, 6.45) is -2.46. The van der Waals surface area contributed by atoms with Crippen LogP contribution in [0.3, 0.4) is 0 Å². The van der Waals surface area contributed by atoms with Gasteiger partial charge in [-0.2, -0.15) is 13.2 Å². The number of benzene rings is 1. The lowest BCUT2D eigenvalue weighted by Gasteiger charge is -2.12. The van der Waals surface area contributed by atoms with E-state index in [1.54, 1.807) is 0 Å². The van der Waals surface area contributed by atoms with Gasteiger partial charge < -0.3 is 0 Å². The van der Waals surface area contributed by atoms with Crippen LogP contribution < -0.4 is 0 Å². The molecule has 0 saturated heterocycles. The fourth-order valence-electron chi connectivity index (χ4n) is 1.81. The van der Waals surface area contributed by atoms with Gasteiger partial charge in [0.25, 0.3) is 0 Å². The minimum Gasteiger partial charge on any atom is -0.294 e. The normalized spacial score (nSPS) is 11.5. The molecule has 0 radical (unpaired) electrons. The molecular weight excluding hydrogens is 310 g/mol. The molecule has 1 heterocycles. The molecule has 7 heteroatoms. The van der Waals surface area contributed by atoms with Crippen molar-refractivity contribution in [3.05, 3.63) is 64.2 Å². The number of rotatable bonds is 3. The highest BCUT2D eigenvalue weighted by Crippen LogP contribution is 2.33. The Morgan fingerprint density at radius 2 is 1.95 bits per heavy atom. The summed E-state index contributed by atoms with van der Waals surface area (Å²) in [5, 5.41) is 0.163. The van der Waals surface area contributed by atoms with Crippen LogP contribution in [0.25, 0.3) is 0 Å². The van der Waals surface area contributed by atoms with Gasteiger partial charge >= 0.3 is 6.18 Å². The number of pyridine rings is 1. The molecule has 2 nitrogen and oxygen atoms in total. The number of halogens is 5. The van der Waals surface area contributed by atoms with Crippen molar-refractivity contribution in [3.63, 3.8) is 0 Å². The minimum atomic E-state index is -4.74. The van der Waals surface area contributed by atoms with Gasteiger partial charge in [0.15, 0.2) is 5.78 Å². The molecule has 0 atom stereocenters. The van der Waals surface area contributed by atoms with E-state index in [0.29, 0.717) is 23.8 Å². The van der Waals surface area contributed by atoms with E-state index in [9.17, 15) is 22.4 Å². The Balaban J connectivity index is 2.40. The van der Waals surface area contributed by atoms with Crippen molar-refractivity contribution < 1.29 is 22.4 Å². The first-order valence-electron chi connectivity index (χ1n) is 5.77. The maximum atomic E-state index is 13.2. The first-order valence-corrected chi connectivity index (χ1v) is 6.15. The predicted molar refractivity (Wildman–Crippen MR) is 68.7 cm³/mol. The topological polar surface area (TPSA) is 30.0 Å². The average molecular weight is 318 g/mol. The summed E-state index contributed by atoms with van der Waals surface area (Å²) in [6, 6.07) is 3.22. The number of carbonyl (C=O) groups is 1. The molecule has 0 N–H and O–H groups in total. The van der Waals surface area contributed by atoms with Gasteiger partial charge in [0.2, 0.25) is 0 Å². The maximum absolute atomic E-state index is 13.2. The molecule has 2 rings (SSSR count). The molecular formula is C14H8ClF4NO. The molecule has 1 aromatic carbocycles. The second-order valence-electron chi connectivity index (χ2n) is 4.25.